The van der Waals surface area contributed by atoms with Gasteiger partial charge in [-0.05, 0) is 31.0 Å². The summed E-state index contributed by atoms with van der Waals surface area (Å²) in [6, 6.07) is 7.82. The van der Waals surface area contributed by atoms with Crippen LogP contribution in [-0.4, -0.2) is 47.7 Å². The van der Waals surface area contributed by atoms with Crippen molar-refractivity contribution in [3.05, 3.63) is 54.9 Å². The molecule has 1 aliphatic carbocycles. The minimum atomic E-state index is -0.718. The molecular formula is C22H24N10O. The highest BCUT2D eigenvalue weighted by Crippen LogP contribution is 2.29. The van der Waals surface area contributed by atoms with E-state index >= 15 is 0 Å². The molecule has 3 aromatic heterocycles. The number of fused-ring (bicyclic) bond motifs is 1. The highest BCUT2D eigenvalue weighted by atomic mass is 16.1. The minimum Gasteiger partial charge on any atom is -0.364 e. The van der Waals surface area contributed by atoms with E-state index in [1.807, 2.05) is 35.0 Å². The van der Waals surface area contributed by atoms with Gasteiger partial charge in [0, 0.05) is 29.4 Å². The van der Waals surface area contributed by atoms with Gasteiger partial charge in [-0.15, -0.1) is 10.2 Å². The smallest absolute Gasteiger partial charge is 0.273 e. The molecule has 11 nitrogen and oxygen atoms in total. The molecule has 1 amide bonds. The molecule has 3 heterocycles. The van der Waals surface area contributed by atoms with E-state index in [1.54, 1.807) is 12.4 Å². The number of amides is 1. The second-order valence-corrected chi connectivity index (χ2v) is 8.04. The van der Waals surface area contributed by atoms with Gasteiger partial charge in [0.25, 0.3) is 5.91 Å². The highest BCUT2D eigenvalue weighted by Gasteiger charge is 2.23. The van der Waals surface area contributed by atoms with Gasteiger partial charge < -0.3 is 26.7 Å². The lowest BCUT2D eigenvalue weighted by molar-refractivity contribution is 0.0995. The number of carbonyl (C=O) groups excluding carboxylic acids is 1. The van der Waals surface area contributed by atoms with Crippen molar-refractivity contribution >= 4 is 34.3 Å². The summed E-state index contributed by atoms with van der Waals surface area (Å²) in [4.78, 5) is 24.7. The number of hydrogen-bond acceptors (Lipinski definition) is 9. The summed E-state index contributed by atoms with van der Waals surface area (Å²) in [6.07, 6.45) is 11.0. The maximum atomic E-state index is 12.0. The summed E-state index contributed by atoms with van der Waals surface area (Å²) in [5.41, 5.74) is 14.2. The summed E-state index contributed by atoms with van der Waals surface area (Å²) >= 11 is 0. The number of carbonyl (C=O) groups is 1. The number of nitrogens with one attached hydrogen (secondary N) is 2. The molecule has 0 unspecified atom stereocenters. The molecule has 6 N–H and O–H groups in total. The Morgan fingerprint density at radius 3 is 2.70 bits per heavy atom. The molecule has 0 spiro atoms. The van der Waals surface area contributed by atoms with Crippen LogP contribution >= 0.6 is 0 Å². The van der Waals surface area contributed by atoms with Crippen LogP contribution in [0.15, 0.2) is 49.2 Å². The van der Waals surface area contributed by atoms with Crippen LogP contribution in [0.1, 0.15) is 36.2 Å². The Labute approximate surface area is 189 Å². The van der Waals surface area contributed by atoms with Crippen LogP contribution in [0.25, 0.3) is 16.6 Å². The number of nitrogens with zero attached hydrogens (tertiary/aromatic N) is 6. The van der Waals surface area contributed by atoms with Gasteiger partial charge in [0.05, 0.1) is 23.6 Å². The maximum absolute atomic E-state index is 12.0. The zero-order valence-electron chi connectivity index (χ0n) is 17.8. The van der Waals surface area contributed by atoms with E-state index in [0.717, 1.165) is 48.0 Å². The standard InChI is InChI=1S/C22H24N10O/c23-15-4-1-2-5-17(15)28-22-29-21(19(20(24)33)30-31-22)27-16-6-3-7-18-14(16)8-9-32(18)13-10-25-12-26-11-13/h3,6-12,15,17H,1-2,4-5,23H2,(H2,24,33)(H2,27,28,29,31)/t15-,17+/m0/s1. The third-order valence-electron chi connectivity index (χ3n) is 5.87. The van der Waals surface area contributed by atoms with Crippen molar-refractivity contribution < 1.29 is 4.79 Å². The summed E-state index contributed by atoms with van der Waals surface area (Å²) < 4.78 is 1.98. The number of benzene rings is 1. The minimum absolute atomic E-state index is 0.0186. The fourth-order valence-electron chi connectivity index (χ4n) is 4.19. The molecule has 1 aliphatic rings. The van der Waals surface area contributed by atoms with Gasteiger partial charge >= 0.3 is 0 Å². The lowest BCUT2D eigenvalue weighted by Crippen LogP contribution is -2.43. The normalized spacial score (nSPS) is 18.2. The largest absolute Gasteiger partial charge is 0.364 e. The van der Waals surface area contributed by atoms with Crippen molar-refractivity contribution in [2.45, 2.75) is 37.8 Å². The molecule has 1 aromatic carbocycles. The lowest BCUT2D eigenvalue weighted by Gasteiger charge is -2.29. The van der Waals surface area contributed by atoms with Gasteiger partial charge in [0.1, 0.15) is 6.33 Å². The first-order chi connectivity index (χ1) is 16.1. The molecule has 5 rings (SSSR count). The molecule has 0 aliphatic heterocycles. The molecule has 11 heteroatoms. The van der Waals surface area contributed by atoms with Gasteiger partial charge in [-0.3, -0.25) is 4.79 Å². The van der Waals surface area contributed by atoms with Crippen LogP contribution in [0, 0.1) is 0 Å². The molecule has 0 bridgehead atoms. The Morgan fingerprint density at radius 1 is 1.09 bits per heavy atom. The van der Waals surface area contributed by atoms with E-state index in [9.17, 15) is 4.79 Å². The molecule has 4 aromatic rings. The summed E-state index contributed by atoms with van der Waals surface area (Å²) in [5.74, 6) is -0.187. The Balaban J connectivity index is 1.49. The monoisotopic (exact) mass is 444 g/mol. The Morgan fingerprint density at radius 2 is 1.91 bits per heavy atom. The molecular weight excluding hydrogens is 420 g/mol. The van der Waals surface area contributed by atoms with Gasteiger partial charge in [0.15, 0.2) is 11.5 Å². The van der Waals surface area contributed by atoms with E-state index in [2.05, 4.69) is 35.8 Å². The van der Waals surface area contributed by atoms with Crippen LogP contribution in [0.5, 0.6) is 0 Å². The van der Waals surface area contributed by atoms with Crippen molar-refractivity contribution in [2.75, 3.05) is 10.6 Å². The van der Waals surface area contributed by atoms with Crippen LogP contribution in [-0.2, 0) is 0 Å². The quantitative estimate of drug-likeness (QED) is 0.349. The number of nitrogens with two attached hydrogens (primary N) is 2. The van der Waals surface area contributed by atoms with E-state index < -0.39 is 5.91 Å². The Hall–Kier alpha value is -4.12. The maximum Gasteiger partial charge on any atom is 0.273 e. The second-order valence-electron chi connectivity index (χ2n) is 8.04. The Kier molecular flexibility index (Phi) is 5.53. The third-order valence-corrected chi connectivity index (χ3v) is 5.87. The SMILES string of the molecule is NC(=O)c1nnc(N[C@@H]2CCCC[C@@H]2N)nc1Nc1cccc2c1ccn2-c1cncnc1. The molecule has 0 radical (unpaired) electrons. The summed E-state index contributed by atoms with van der Waals surface area (Å²) in [5, 5.41) is 15.5. The van der Waals surface area contributed by atoms with Crippen LogP contribution < -0.4 is 22.1 Å². The van der Waals surface area contributed by atoms with Crippen molar-refractivity contribution in [3.63, 3.8) is 0 Å². The van der Waals surface area contributed by atoms with Crippen LogP contribution in [0.3, 0.4) is 0 Å². The van der Waals surface area contributed by atoms with Crippen molar-refractivity contribution in [1.82, 2.24) is 29.7 Å². The average molecular weight is 445 g/mol. The molecule has 33 heavy (non-hydrogen) atoms. The molecule has 1 saturated carbocycles. The zero-order valence-corrected chi connectivity index (χ0v) is 17.8. The van der Waals surface area contributed by atoms with Crippen molar-refractivity contribution in [2.24, 2.45) is 11.5 Å². The fourth-order valence-corrected chi connectivity index (χ4v) is 4.19. The summed E-state index contributed by atoms with van der Waals surface area (Å²) in [6.45, 7) is 0. The van der Waals surface area contributed by atoms with Crippen LogP contribution in [0.2, 0.25) is 0 Å². The highest BCUT2D eigenvalue weighted by molar-refractivity contribution is 5.99. The predicted molar refractivity (Wildman–Crippen MR) is 124 cm³/mol. The van der Waals surface area contributed by atoms with E-state index in [-0.39, 0.29) is 23.6 Å². The Bertz CT molecular complexity index is 1290. The first-order valence-electron chi connectivity index (χ1n) is 10.8. The molecule has 1 fully saturated rings. The number of primary amides is 1. The lowest BCUT2D eigenvalue weighted by atomic mass is 9.91. The van der Waals surface area contributed by atoms with E-state index in [4.69, 9.17) is 11.5 Å². The predicted octanol–water partition coefficient (Wildman–Crippen LogP) is 2.13. The number of aromatic nitrogens is 6. The molecule has 0 saturated heterocycles. The van der Waals surface area contributed by atoms with Crippen molar-refractivity contribution in [1.29, 1.82) is 0 Å². The van der Waals surface area contributed by atoms with E-state index in [1.165, 1.54) is 6.33 Å². The number of rotatable bonds is 6. The number of anilines is 3. The van der Waals surface area contributed by atoms with E-state index in [0.29, 0.717) is 5.95 Å². The van der Waals surface area contributed by atoms with Crippen molar-refractivity contribution in [3.8, 4) is 5.69 Å². The van der Waals surface area contributed by atoms with Gasteiger partial charge in [0.2, 0.25) is 5.95 Å². The third kappa shape index (κ3) is 4.17. The summed E-state index contributed by atoms with van der Waals surface area (Å²) in [7, 11) is 0. The zero-order chi connectivity index (χ0) is 22.8. The first-order valence-corrected chi connectivity index (χ1v) is 10.8. The second kappa shape index (κ2) is 8.79. The van der Waals surface area contributed by atoms with Gasteiger partial charge in [-0.25, -0.2) is 9.97 Å². The molecule has 168 valence electrons. The van der Waals surface area contributed by atoms with Crippen LogP contribution in [0.4, 0.5) is 17.5 Å². The van der Waals surface area contributed by atoms with Gasteiger partial charge in [-0.1, -0.05) is 18.9 Å². The van der Waals surface area contributed by atoms with Gasteiger partial charge in [-0.2, -0.15) is 4.98 Å². The average Bonchev–Trinajstić information content (AvgIpc) is 3.26. The topological polar surface area (TPSA) is 163 Å². The fraction of sp³-hybridized carbons (Fsp3) is 0.273. The molecule has 2 atom stereocenters. The number of hydrogen-bond donors (Lipinski definition) is 4. The first kappa shape index (κ1) is 20.8.